The van der Waals surface area contributed by atoms with Crippen LogP contribution in [0.25, 0.3) is 0 Å². The highest BCUT2D eigenvalue weighted by Gasteiger charge is 2.20. The van der Waals surface area contributed by atoms with E-state index in [0.717, 1.165) is 54.3 Å². The van der Waals surface area contributed by atoms with Gasteiger partial charge in [-0.1, -0.05) is 41.1 Å². The minimum absolute atomic E-state index is 0.214. The van der Waals surface area contributed by atoms with Crippen molar-refractivity contribution in [3.8, 4) is 0 Å². The van der Waals surface area contributed by atoms with Crippen molar-refractivity contribution in [3.05, 3.63) is 61.7 Å². The average Bonchev–Trinajstić information content (AvgIpc) is 3.33. The predicted octanol–water partition coefficient (Wildman–Crippen LogP) is 3.82. The van der Waals surface area contributed by atoms with Gasteiger partial charge in [-0.05, 0) is 24.3 Å². The smallest absolute Gasteiger partial charge is 0.286 e. The minimum Gasteiger partial charge on any atom is -0.320 e. The summed E-state index contributed by atoms with van der Waals surface area (Å²) in [6.45, 7) is 5.66. The van der Waals surface area contributed by atoms with Crippen LogP contribution in [0.15, 0.2) is 42.5 Å². The number of aromatic nitrogens is 2. The number of anilines is 1. The van der Waals surface area contributed by atoms with Gasteiger partial charge in [0.15, 0.2) is 0 Å². The zero-order valence-electron chi connectivity index (χ0n) is 15.2. The number of thiophene rings is 1. The molecule has 0 bridgehead atoms. The number of benzene rings is 1. The average molecular weight is 434 g/mol. The van der Waals surface area contributed by atoms with Crippen molar-refractivity contribution in [3.63, 3.8) is 0 Å². The molecule has 1 N–H and O–H groups in total. The first-order valence-corrected chi connectivity index (χ1v) is 11.0. The molecule has 2 aromatic heterocycles. The predicted molar refractivity (Wildman–Crippen MR) is 114 cm³/mol. The molecule has 0 spiro atoms. The van der Waals surface area contributed by atoms with Gasteiger partial charge in [0.05, 0.1) is 10.9 Å². The molecule has 6 nitrogen and oxygen atoms in total. The van der Waals surface area contributed by atoms with Crippen molar-refractivity contribution in [2.75, 3.05) is 31.5 Å². The maximum atomic E-state index is 12.3. The summed E-state index contributed by atoms with van der Waals surface area (Å²) in [5, 5.41) is 12.4. The van der Waals surface area contributed by atoms with Crippen molar-refractivity contribution in [1.82, 2.24) is 20.0 Å². The molecule has 1 aromatic carbocycles. The molecule has 0 unspecified atom stereocenters. The lowest BCUT2D eigenvalue weighted by Gasteiger charge is -2.33. The van der Waals surface area contributed by atoms with E-state index in [2.05, 4.69) is 31.4 Å². The molecular weight excluding hydrogens is 414 g/mol. The van der Waals surface area contributed by atoms with Gasteiger partial charge in [0.2, 0.25) is 5.01 Å². The van der Waals surface area contributed by atoms with E-state index in [9.17, 15) is 4.79 Å². The Morgan fingerprint density at radius 1 is 0.964 bits per heavy atom. The molecule has 28 heavy (non-hydrogen) atoms. The molecule has 3 aromatic rings. The third-order valence-corrected chi connectivity index (χ3v) is 6.65. The Morgan fingerprint density at radius 2 is 1.68 bits per heavy atom. The van der Waals surface area contributed by atoms with E-state index < -0.39 is 0 Å². The van der Waals surface area contributed by atoms with Gasteiger partial charge in [0.25, 0.3) is 5.91 Å². The third-order valence-electron chi connectivity index (χ3n) is 4.52. The zero-order valence-corrected chi connectivity index (χ0v) is 17.6. The highest BCUT2D eigenvalue weighted by atomic mass is 35.5. The maximum Gasteiger partial charge on any atom is 0.286 e. The fourth-order valence-electron chi connectivity index (χ4n) is 3.07. The Labute approximate surface area is 176 Å². The van der Waals surface area contributed by atoms with Crippen LogP contribution in [-0.4, -0.2) is 52.1 Å². The van der Waals surface area contributed by atoms with Gasteiger partial charge in [-0.15, -0.1) is 21.5 Å². The van der Waals surface area contributed by atoms with Gasteiger partial charge >= 0.3 is 0 Å². The molecule has 1 aliphatic rings. The van der Waals surface area contributed by atoms with Crippen LogP contribution in [0.5, 0.6) is 0 Å². The zero-order chi connectivity index (χ0) is 19.3. The summed E-state index contributed by atoms with van der Waals surface area (Å²) in [7, 11) is 0. The summed E-state index contributed by atoms with van der Waals surface area (Å²) < 4.78 is 0.844. The monoisotopic (exact) mass is 433 g/mol. The number of carbonyl (C=O) groups is 1. The van der Waals surface area contributed by atoms with Crippen LogP contribution < -0.4 is 5.32 Å². The lowest BCUT2D eigenvalue weighted by atomic mass is 10.3. The first kappa shape index (κ1) is 19.5. The molecule has 0 radical (unpaired) electrons. The highest BCUT2D eigenvalue weighted by molar-refractivity contribution is 7.16. The number of halogens is 1. The number of hydrogen-bond donors (Lipinski definition) is 1. The van der Waals surface area contributed by atoms with Gasteiger partial charge in [-0.3, -0.25) is 14.6 Å². The van der Waals surface area contributed by atoms with E-state index >= 15 is 0 Å². The van der Waals surface area contributed by atoms with Crippen molar-refractivity contribution < 1.29 is 4.79 Å². The van der Waals surface area contributed by atoms with Crippen LogP contribution in [0.4, 0.5) is 5.69 Å². The summed E-state index contributed by atoms with van der Waals surface area (Å²) in [6.07, 6.45) is 0. The molecule has 0 aliphatic carbocycles. The lowest BCUT2D eigenvalue weighted by Crippen LogP contribution is -2.45. The van der Waals surface area contributed by atoms with Crippen LogP contribution in [0.1, 0.15) is 19.7 Å². The molecule has 1 fully saturated rings. The standard InChI is InChI=1S/C19H20ClN5OS2/c20-16-7-6-15(27-16)12-24-8-10-25(11-9-24)13-17-22-23-19(28-17)18(26)21-14-4-2-1-3-5-14/h1-7H,8-13H2,(H,21,26). The van der Waals surface area contributed by atoms with E-state index in [-0.39, 0.29) is 5.91 Å². The highest BCUT2D eigenvalue weighted by Crippen LogP contribution is 2.23. The second-order valence-corrected chi connectivity index (χ2v) is 9.44. The summed E-state index contributed by atoms with van der Waals surface area (Å²) in [6, 6.07) is 13.4. The van der Waals surface area contributed by atoms with Crippen molar-refractivity contribution in [2.24, 2.45) is 0 Å². The number of para-hydroxylation sites is 1. The normalized spacial score (nSPS) is 15.6. The first-order valence-electron chi connectivity index (χ1n) is 9.03. The molecule has 0 saturated carbocycles. The van der Waals surface area contributed by atoms with Gasteiger partial charge in [-0.25, -0.2) is 0 Å². The van der Waals surface area contributed by atoms with Crippen LogP contribution in [0.3, 0.4) is 0 Å². The van der Waals surface area contributed by atoms with Gasteiger partial charge in [0.1, 0.15) is 5.01 Å². The molecule has 9 heteroatoms. The second-order valence-electron chi connectivity index (χ2n) is 6.58. The van der Waals surface area contributed by atoms with E-state index in [4.69, 9.17) is 11.6 Å². The maximum absolute atomic E-state index is 12.3. The molecular formula is C19H20ClN5OS2. The summed E-state index contributed by atoms with van der Waals surface area (Å²) >= 11 is 9.02. The minimum atomic E-state index is -0.214. The number of nitrogens with zero attached hydrogens (tertiary/aromatic N) is 4. The van der Waals surface area contributed by atoms with E-state index in [1.807, 2.05) is 36.4 Å². The molecule has 3 heterocycles. The third kappa shape index (κ3) is 5.15. The van der Waals surface area contributed by atoms with Crippen LogP contribution in [0, 0.1) is 0 Å². The Morgan fingerprint density at radius 3 is 2.36 bits per heavy atom. The van der Waals surface area contributed by atoms with Gasteiger partial charge in [-0.2, -0.15) is 0 Å². The largest absolute Gasteiger partial charge is 0.320 e. The molecule has 0 atom stereocenters. The quantitative estimate of drug-likeness (QED) is 0.640. The molecule has 1 amide bonds. The van der Waals surface area contributed by atoms with E-state index in [0.29, 0.717) is 5.01 Å². The number of rotatable bonds is 6. The molecule has 146 valence electrons. The van der Waals surface area contributed by atoms with Crippen LogP contribution in [-0.2, 0) is 13.1 Å². The Bertz CT molecular complexity index is 921. The fraction of sp³-hybridized carbons (Fsp3) is 0.316. The summed E-state index contributed by atoms with van der Waals surface area (Å²) in [4.78, 5) is 18.4. The van der Waals surface area contributed by atoms with E-state index in [1.165, 1.54) is 16.2 Å². The molecule has 4 rings (SSSR count). The topological polar surface area (TPSA) is 61.4 Å². The van der Waals surface area contributed by atoms with Crippen molar-refractivity contribution in [1.29, 1.82) is 0 Å². The number of amides is 1. The van der Waals surface area contributed by atoms with Crippen LogP contribution >= 0.6 is 34.3 Å². The number of carbonyl (C=O) groups excluding carboxylic acids is 1. The molecule has 1 aliphatic heterocycles. The SMILES string of the molecule is O=C(Nc1ccccc1)c1nnc(CN2CCN(Cc3ccc(Cl)s3)CC2)s1. The summed E-state index contributed by atoms with van der Waals surface area (Å²) in [5.74, 6) is -0.214. The fourth-order valence-corrected chi connectivity index (χ4v) is 4.98. The Kier molecular flexibility index (Phi) is 6.33. The van der Waals surface area contributed by atoms with Gasteiger partial charge < -0.3 is 5.32 Å². The molecule has 1 saturated heterocycles. The lowest BCUT2D eigenvalue weighted by molar-refractivity contribution is 0.102. The number of nitrogens with one attached hydrogen (secondary N) is 1. The van der Waals surface area contributed by atoms with Gasteiger partial charge in [0, 0.05) is 43.3 Å². The first-order chi connectivity index (χ1) is 13.7. The van der Waals surface area contributed by atoms with E-state index in [1.54, 1.807) is 11.3 Å². The Balaban J connectivity index is 1.26. The van der Waals surface area contributed by atoms with Crippen molar-refractivity contribution in [2.45, 2.75) is 13.1 Å². The summed E-state index contributed by atoms with van der Waals surface area (Å²) in [5.41, 5.74) is 0.757. The Hall–Kier alpha value is -1.84. The number of piperazine rings is 1. The van der Waals surface area contributed by atoms with Crippen molar-refractivity contribution >= 4 is 45.9 Å². The number of hydrogen-bond acceptors (Lipinski definition) is 7. The second kappa shape index (κ2) is 9.11. The van der Waals surface area contributed by atoms with Crippen LogP contribution in [0.2, 0.25) is 4.34 Å².